The normalized spacial score (nSPS) is 13.9. The van der Waals surface area contributed by atoms with E-state index in [4.69, 9.17) is 9.47 Å². The van der Waals surface area contributed by atoms with Crippen molar-refractivity contribution in [3.8, 4) is 11.5 Å². The average molecular weight is 286 g/mol. The average Bonchev–Trinajstić information content (AvgIpc) is 2.96. The van der Waals surface area contributed by atoms with Crippen LogP contribution in [0.3, 0.4) is 0 Å². The molecule has 0 radical (unpaired) electrons. The number of carboxylic acids is 1. The molecule has 108 valence electrons. The third kappa shape index (κ3) is 2.95. The van der Waals surface area contributed by atoms with Gasteiger partial charge in [-0.2, -0.15) is 0 Å². The molecule has 0 fully saturated rings. The Balaban J connectivity index is 1.77. The lowest BCUT2D eigenvalue weighted by Crippen LogP contribution is -2.28. The maximum absolute atomic E-state index is 11.5. The summed E-state index contributed by atoms with van der Waals surface area (Å²) in [6.45, 7) is 0.606. The SMILES string of the molecule is O=C(O)C(NCc1ccncc1)c1ccc2c(c1)OCO2. The van der Waals surface area contributed by atoms with Crippen molar-refractivity contribution in [2.75, 3.05) is 6.79 Å². The Morgan fingerprint density at radius 2 is 2.00 bits per heavy atom. The lowest BCUT2D eigenvalue weighted by molar-refractivity contribution is -0.139. The summed E-state index contributed by atoms with van der Waals surface area (Å²) in [5, 5.41) is 12.4. The second-order valence-electron chi connectivity index (χ2n) is 4.62. The van der Waals surface area contributed by atoms with Crippen LogP contribution < -0.4 is 14.8 Å². The molecule has 0 spiro atoms. The number of aromatic nitrogens is 1. The molecule has 1 aromatic carbocycles. The Hall–Kier alpha value is -2.60. The third-order valence-corrected chi connectivity index (χ3v) is 3.24. The molecule has 0 saturated heterocycles. The molecule has 1 aromatic heterocycles. The number of nitrogens with zero attached hydrogens (tertiary/aromatic N) is 1. The smallest absolute Gasteiger partial charge is 0.325 e. The number of hydrogen-bond acceptors (Lipinski definition) is 5. The molecule has 0 saturated carbocycles. The second kappa shape index (κ2) is 5.80. The number of aliphatic carboxylic acids is 1. The number of pyridine rings is 1. The van der Waals surface area contributed by atoms with Gasteiger partial charge in [0, 0.05) is 18.9 Å². The summed E-state index contributed by atoms with van der Waals surface area (Å²) in [4.78, 5) is 15.4. The Labute approximate surface area is 121 Å². The molecule has 2 N–H and O–H groups in total. The van der Waals surface area contributed by atoms with Crippen molar-refractivity contribution in [1.29, 1.82) is 0 Å². The molecule has 6 nitrogen and oxygen atoms in total. The minimum absolute atomic E-state index is 0.168. The van der Waals surface area contributed by atoms with Gasteiger partial charge in [-0.3, -0.25) is 15.1 Å². The Bertz CT molecular complexity index is 645. The fourth-order valence-corrected chi connectivity index (χ4v) is 2.16. The highest BCUT2D eigenvalue weighted by Crippen LogP contribution is 2.34. The Morgan fingerprint density at radius 3 is 2.76 bits per heavy atom. The van der Waals surface area contributed by atoms with E-state index in [1.54, 1.807) is 30.6 Å². The van der Waals surface area contributed by atoms with Crippen LogP contribution in [0.2, 0.25) is 0 Å². The molecule has 0 aliphatic carbocycles. The zero-order valence-electron chi connectivity index (χ0n) is 11.2. The summed E-state index contributed by atoms with van der Waals surface area (Å²) in [5.74, 6) is 0.268. The van der Waals surface area contributed by atoms with Gasteiger partial charge in [-0.05, 0) is 35.4 Å². The van der Waals surface area contributed by atoms with Crippen molar-refractivity contribution in [2.24, 2.45) is 0 Å². The minimum atomic E-state index is -0.942. The Kier molecular flexibility index (Phi) is 3.70. The standard InChI is InChI=1S/C15H14N2O4/c18-15(19)14(17-8-10-3-5-16-6-4-10)11-1-2-12-13(7-11)21-9-20-12/h1-7,14,17H,8-9H2,(H,18,19). The van der Waals surface area contributed by atoms with E-state index in [1.807, 2.05) is 12.1 Å². The van der Waals surface area contributed by atoms with Gasteiger partial charge in [0.05, 0.1) is 0 Å². The van der Waals surface area contributed by atoms with Crippen LogP contribution in [0.1, 0.15) is 17.2 Å². The van der Waals surface area contributed by atoms with Crippen LogP contribution in [0, 0.1) is 0 Å². The number of carboxylic acid groups (broad SMARTS) is 1. The van der Waals surface area contributed by atoms with Gasteiger partial charge in [0.25, 0.3) is 0 Å². The summed E-state index contributed by atoms with van der Waals surface area (Å²) in [7, 11) is 0. The number of fused-ring (bicyclic) bond motifs is 1. The monoisotopic (exact) mass is 286 g/mol. The summed E-state index contributed by atoms with van der Waals surface area (Å²) >= 11 is 0. The van der Waals surface area contributed by atoms with Crippen LogP contribution in [0.4, 0.5) is 0 Å². The molecule has 2 heterocycles. The third-order valence-electron chi connectivity index (χ3n) is 3.24. The summed E-state index contributed by atoms with van der Waals surface area (Å²) in [5.41, 5.74) is 1.60. The summed E-state index contributed by atoms with van der Waals surface area (Å²) in [6, 6.07) is 8.01. The number of rotatable bonds is 5. The second-order valence-corrected chi connectivity index (χ2v) is 4.62. The van der Waals surface area contributed by atoms with Crippen molar-refractivity contribution >= 4 is 5.97 Å². The molecule has 0 bridgehead atoms. The molecule has 1 unspecified atom stereocenters. The lowest BCUT2D eigenvalue weighted by Gasteiger charge is -2.15. The number of benzene rings is 1. The van der Waals surface area contributed by atoms with E-state index < -0.39 is 12.0 Å². The fraction of sp³-hybridized carbons (Fsp3) is 0.200. The van der Waals surface area contributed by atoms with E-state index in [-0.39, 0.29) is 6.79 Å². The van der Waals surface area contributed by atoms with Gasteiger partial charge >= 0.3 is 5.97 Å². The molecule has 1 atom stereocenters. The first-order chi connectivity index (χ1) is 10.2. The van der Waals surface area contributed by atoms with Crippen LogP contribution in [-0.2, 0) is 11.3 Å². The van der Waals surface area contributed by atoms with Gasteiger partial charge < -0.3 is 14.6 Å². The largest absolute Gasteiger partial charge is 0.480 e. The van der Waals surface area contributed by atoms with Gasteiger partial charge in [0.15, 0.2) is 11.5 Å². The van der Waals surface area contributed by atoms with Gasteiger partial charge in [0.1, 0.15) is 6.04 Å². The van der Waals surface area contributed by atoms with E-state index >= 15 is 0 Å². The van der Waals surface area contributed by atoms with Gasteiger partial charge in [0.2, 0.25) is 6.79 Å². The Morgan fingerprint density at radius 1 is 1.24 bits per heavy atom. The van der Waals surface area contributed by atoms with Gasteiger partial charge in [-0.15, -0.1) is 0 Å². The number of nitrogens with one attached hydrogen (secondary N) is 1. The van der Waals surface area contributed by atoms with Crippen LogP contribution >= 0.6 is 0 Å². The first kappa shape index (κ1) is 13.4. The first-order valence-corrected chi connectivity index (χ1v) is 6.48. The van der Waals surface area contributed by atoms with E-state index in [2.05, 4.69) is 10.3 Å². The van der Waals surface area contributed by atoms with Gasteiger partial charge in [-0.25, -0.2) is 0 Å². The van der Waals surface area contributed by atoms with Crippen molar-refractivity contribution in [1.82, 2.24) is 10.3 Å². The quantitative estimate of drug-likeness (QED) is 0.871. The molecule has 21 heavy (non-hydrogen) atoms. The maximum Gasteiger partial charge on any atom is 0.325 e. The summed E-state index contributed by atoms with van der Waals surface area (Å²) < 4.78 is 10.5. The highest BCUT2D eigenvalue weighted by atomic mass is 16.7. The molecular formula is C15H14N2O4. The summed E-state index contributed by atoms with van der Waals surface area (Å²) in [6.07, 6.45) is 3.35. The van der Waals surface area contributed by atoms with Crippen molar-refractivity contribution in [2.45, 2.75) is 12.6 Å². The lowest BCUT2D eigenvalue weighted by atomic mass is 10.1. The van der Waals surface area contributed by atoms with E-state index in [0.29, 0.717) is 23.6 Å². The topological polar surface area (TPSA) is 80.7 Å². The number of carbonyl (C=O) groups is 1. The van der Waals surface area contributed by atoms with E-state index in [9.17, 15) is 9.90 Å². The van der Waals surface area contributed by atoms with Crippen molar-refractivity contribution in [3.63, 3.8) is 0 Å². The van der Waals surface area contributed by atoms with Crippen LogP contribution in [0.25, 0.3) is 0 Å². The molecule has 3 rings (SSSR count). The van der Waals surface area contributed by atoms with Crippen molar-refractivity contribution in [3.05, 3.63) is 53.9 Å². The highest BCUT2D eigenvalue weighted by Gasteiger charge is 2.22. The zero-order chi connectivity index (χ0) is 14.7. The van der Waals surface area contributed by atoms with Crippen LogP contribution in [0.15, 0.2) is 42.7 Å². The molecule has 1 aliphatic heterocycles. The predicted octanol–water partition coefficient (Wildman–Crippen LogP) is 1.73. The maximum atomic E-state index is 11.5. The number of hydrogen-bond donors (Lipinski definition) is 2. The highest BCUT2D eigenvalue weighted by molar-refractivity contribution is 5.76. The zero-order valence-corrected chi connectivity index (χ0v) is 11.2. The predicted molar refractivity (Wildman–Crippen MR) is 74.0 cm³/mol. The van der Waals surface area contributed by atoms with E-state index in [0.717, 1.165) is 5.56 Å². The van der Waals surface area contributed by atoms with Gasteiger partial charge in [-0.1, -0.05) is 6.07 Å². The molecule has 0 amide bonds. The molecule has 6 heteroatoms. The van der Waals surface area contributed by atoms with Crippen LogP contribution in [-0.4, -0.2) is 22.9 Å². The fourth-order valence-electron chi connectivity index (χ4n) is 2.16. The van der Waals surface area contributed by atoms with Crippen LogP contribution in [0.5, 0.6) is 11.5 Å². The minimum Gasteiger partial charge on any atom is -0.480 e. The number of ether oxygens (including phenoxy) is 2. The first-order valence-electron chi connectivity index (χ1n) is 6.48. The van der Waals surface area contributed by atoms with Crippen molar-refractivity contribution < 1.29 is 19.4 Å². The van der Waals surface area contributed by atoms with E-state index in [1.165, 1.54) is 0 Å². The molecule has 1 aliphatic rings. The molecule has 2 aromatic rings. The molecular weight excluding hydrogens is 272 g/mol.